The zero-order valence-corrected chi connectivity index (χ0v) is 15.7. The maximum atomic E-state index is 12.9. The number of benzene rings is 2. The standard InChI is InChI=1S/C19H25FN2O2S/c1-19(2,3)21-14-16-6-10-18(11-7-16)25(23,24)22-13-12-15-4-8-17(20)9-5-15/h4-11,21-22H,12-14H2,1-3H3. The Morgan fingerprint density at radius 2 is 1.48 bits per heavy atom. The Kier molecular flexibility index (Phi) is 6.32. The molecule has 2 rings (SSSR count). The van der Waals surface area contributed by atoms with Gasteiger partial charge < -0.3 is 5.32 Å². The van der Waals surface area contributed by atoms with Crippen LogP contribution >= 0.6 is 0 Å². The molecule has 0 bridgehead atoms. The van der Waals surface area contributed by atoms with Crippen LogP contribution in [0.15, 0.2) is 53.4 Å². The van der Waals surface area contributed by atoms with Crippen LogP contribution in [0.5, 0.6) is 0 Å². The van der Waals surface area contributed by atoms with Crippen molar-refractivity contribution in [3.8, 4) is 0 Å². The SMILES string of the molecule is CC(C)(C)NCc1ccc(S(=O)(=O)NCCc2ccc(F)cc2)cc1. The van der Waals surface area contributed by atoms with Crippen LogP contribution in [0.25, 0.3) is 0 Å². The summed E-state index contributed by atoms with van der Waals surface area (Å²) in [5.41, 5.74) is 1.92. The summed E-state index contributed by atoms with van der Waals surface area (Å²) in [7, 11) is -3.54. The summed E-state index contributed by atoms with van der Waals surface area (Å²) in [5.74, 6) is -0.301. The average molecular weight is 364 g/mol. The number of rotatable bonds is 7. The van der Waals surface area contributed by atoms with Crippen molar-refractivity contribution in [3.05, 3.63) is 65.5 Å². The van der Waals surface area contributed by atoms with Gasteiger partial charge >= 0.3 is 0 Å². The fraction of sp³-hybridized carbons (Fsp3) is 0.368. The van der Waals surface area contributed by atoms with Crippen LogP contribution in [0.1, 0.15) is 31.9 Å². The Labute approximate surface area is 149 Å². The van der Waals surface area contributed by atoms with Gasteiger partial charge in [-0.05, 0) is 62.6 Å². The summed E-state index contributed by atoms with van der Waals surface area (Å²) >= 11 is 0. The molecule has 2 N–H and O–H groups in total. The number of hydrogen-bond acceptors (Lipinski definition) is 3. The summed E-state index contributed by atoms with van der Waals surface area (Å²) in [5, 5.41) is 3.36. The van der Waals surface area contributed by atoms with E-state index < -0.39 is 10.0 Å². The van der Waals surface area contributed by atoms with Gasteiger partial charge in [-0.2, -0.15) is 0 Å². The monoisotopic (exact) mass is 364 g/mol. The van der Waals surface area contributed by atoms with Gasteiger partial charge in [0.05, 0.1) is 4.90 Å². The molecule has 0 saturated heterocycles. The van der Waals surface area contributed by atoms with Gasteiger partial charge in [0.25, 0.3) is 0 Å². The molecule has 0 spiro atoms. The van der Waals surface area contributed by atoms with Gasteiger partial charge in [-0.1, -0.05) is 24.3 Å². The Morgan fingerprint density at radius 3 is 2.04 bits per heavy atom. The molecule has 2 aromatic rings. The number of sulfonamides is 1. The van der Waals surface area contributed by atoms with Crippen molar-refractivity contribution in [2.24, 2.45) is 0 Å². The van der Waals surface area contributed by atoms with E-state index in [1.54, 1.807) is 24.3 Å². The highest BCUT2D eigenvalue weighted by Crippen LogP contribution is 2.12. The molecule has 136 valence electrons. The average Bonchev–Trinajstić information content (AvgIpc) is 2.54. The second kappa shape index (κ2) is 8.08. The first-order chi connectivity index (χ1) is 11.7. The largest absolute Gasteiger partial charge is 0.308 e. The van der Waals surface area contributed by atoms with Crippen LogP contribution in [-0.4, -0.2) is 20.5 Å². The molecule has 0 aliphatic carbocycles. The van der Waals surface area contributed by atoms with Crippen LogP contribution in [0.2, 0.25) is 0 Å². The maximum absolute atomic E-state index is 12.9. The van der Waals surface area contributed by atoms with Crippen LogP contribution in [-0.2, 0) is 23.0 Å². The zero-order valence-electron chi connectivity index (χ0n) is 14.8. The van der Waals surface area contributed by atoms with Gasteiger partial charge in [0, 0.05) is 18.6 Å². The van der Waals surface area contributed by atoms with Gasteiger partial charge in [-0.15, -0.1) is 0 Å². The molecular formula is C19H25FN2O2S. The molecule has 0 aliphatic heterocycles. The van der Waals surface area contributed by atoms with E-state index in [-0.39, 0.29) is 22.8 Å². The third-order valence-corrected chi connectivity index (χ3v) is 5.15. The van der Waals surface area contributed by atoms with Crippen molar-refractivity contribution in [1.29, 1.82) is 0 Å². The summed E-state index contributed by atoms with van der Waals surface area (Å²) in [6, 6.07) is 12.9. The molecule has 0 unspecified atom stereocenters. The molecule has 0 heterocycles. The predicted molar refractivity (Wildman–Crippen MR) is 98.3 cm³/mol. The Balaban J connectivity index is 1.91. The molecule has 0 radical (unpaired) electrons. The van der Waals surface area contributed by atoms with Gasteiger partial charge in [0.2, 0.25) is 10.0 Å². The molecular weight excluding hydrogens is 339 g/mol. The van der Waals surface area contributed by atoms with Crippen molar-refractivity contribution in [1.82, 2.24) is 10.0 Å². The maximum Gasteiger partial charge on any atom is 0.240 e. The summed E-state index contributed by atoms with van der Waals surface area (Å²) in [4.78, 5) is 0.242. The van der Waals surface area contributed by atoms with Gasteiger partial charge in [-0.3, -0.25) is 0 Å². The molecule has 0 aromatic heterocycles. The minimum atomic E-state index is -3.54. The van der Waals surface area contributed by atoms with Crippen LogP contribution < -0.4 is 10.0 Å². The summed E-state index contributed by atoms with van der Waals surface area (Å²) in [6.45, 7) is 7.19. The van der Waals surface area contributed by atoms with Crippen molar-refractivity contribution in [2.75, 3.05) is 6.54 Å². The minimum absolute atomic E-state index is 0.00660. The van der Waals surface area contributed by atoms with E-state index in [1.165, 1.54) is 12.1 Å². The van der Waals surface area contributed by atoms with Crippen LogP contribution in [0, 0.1) is 5.82 Å². The molecule has 4 nitrogen and oxygen atoms in total. The van der Waals surface area contributed by atoms with Crippen molar-refractivity contribution >= 4 is 10.0 Å². The lowest BCUT2D eigenvalue weighted by Crippen LogP contribution is -2.35. The fourth-order valence-electron chi connectivity index (χ4n) is 2.22. The Hall–Kier alpha value is -1.76. The van der Waals surface area contributed by atoms with E-state index in [4.69, 9.17) is 0 Å². The Morgan fingerprint density at radius 1 is 0.920 bits per heavy atom. The van der Waals surface area contributed by atoms with E-state index in [0.717, 1.165) is 11.1 Å². The smallest absolute Gasteiger partial charge is 0.240 e. The van der Waals surface area contributed by atoms with Crippen molar-refractivity contribution < 1.29 is 12.8 Å². The third-order valence-electron chi connectivity index (χ3n) is 3.68. The van der Waals surface area contributed by atoms with E-state index >= 15 is 0 Å². The molecule has 0 atom stereocenters. The molecule has 0 amide bonds. The molecule has 0 aliphatic rings. The Bertz CT molecular complexity index is 780. The topological polar surface area (TPSA) is 58.2 Å². The number of hydrogen-bond donors (Lipinski definition) is 2. The molecule has 25 heavy (non-hydrogen) atoms. The number of nitrogens with one attached hydrogen (secondary N) is 2. The quantitative estimate of drug-likeness (QED) is 0.793. The molecule has 0 fully saturated rings. The lowest BCUT2D eigenvalue weighted by molar-refractivity contribution is 0.424. The van der Waals surface area contributed by atoms with Gasteiger partial charge in [-0.25, -0.2) is 17.5 Å². The first-order valence-electron chi connectivity index (χ1n) is 8.24. The first kappa shape index (κ1) is 19.6. The normalized spacial score (nSPS) is 12.3. The third kappa shape index (κ3) is 6.57. The highest BCUT2D eigenvalue weighted by molar-refractivity contribution is 7.89. The van der Waals surface area contributed by atoms with Crippen LogP contribution in [0.4, 0.5) is 4.39 Å². The molecule has 0 saturated carbocycles. The van der Waals surface area contributed by atoms with E-state index in [1.807, 2.05) is 12.1 Å². The summed E-state index contributed by atoms with van der Waals surface area (Å²) < 4.78 is 40.1. The second-order valence-electron chi connectivity index (χ2n) is 7.02. The van der Waals surface area contributed by atoms with Crippen LogP contribution in [0.3, 0.4) is 0 Å². The fourth-order valence-corrected chi connectivity index (χ4v) is 3.25. The predicted octanol–water partition coefficient (Wildman–Crippen LogP) is 3.23. The minimum Gasteiger partial charge on any atom is -0.308 e. The van der Waals surface area contributed by atoms with E-state index in [9.17, 15) is 12.8 Å². The van der Waals surface area contributed by atoms with Crippen molar-refractivity contribution in [2.45, 2.75) is 44.2 Å². The highest BCUT2D eigenvalue weighted by Gasteiger charge is 2.14. The summed E-state index contributed by atoms with van der Waals surface area (Å²) in [6.07, 6.45) is 0.507. The van der Waals surface area contributed by atoms with E-state index in [0.29, 0.717) is 13.0 Å². The molecule has 2 aromatic carbocycles. The van der Waals surface area contributed by atoms with Gasteiger partial charge in [0.1, 0.15) is 5.82 Å². The number of halogens is 1. The van der Waals surface area contributed by atoms with E-state index in [2.05, 4.69) is 30.8 Å². The zero-order chi connectivity index (χ0) is 18.5. The van der Waals surface area contributed by atoms with Gasteiger partial charge in [0.15, 0.2) is 0 Å². The lowest BCUT2D eigenvalue weighted by atomic mass is 10.1. The van der Waals surface area contributed by atoms with Crippen molar-refractivity contribution in [3.63, 3.8) is 0 Å². The highest BCUT2D eigenvalue weighted by atomic mass is 32.2. The first-order valence-corrected chi connectivity index (χ1v) is 9.72. The second-order valence-corrected chi connectivity index (χ2v) is 8.79. The molecule has 6 heteroatoms. The lowest BCUT2D eigenvalue weighted by Gasteiger charge is -2.20.